The predicted molar refractivity (Wildman–Crippen MR) is 67.8 cm³/mol. The molecule has 0 amide bonds. The van der Waals surface area contributed by atoms with E-state index in [2.05, 4.69) is 6.58 Å². The molecule has 4 nitrogen and oxygen atoms in total. The molecule has 0 aliphatic carbocycles. The van der Waals surface area contributed by atoms with Crippen LogP contribution in [0.25, 0.3) is 0 Å². The number of aliphatic hydroxyl groups is 1. The molecular formula is C12H17FO4S. The Balaban J connectivity index is 0.000000360. The average molecular weight is 276 g/mol. The molecule has 1 aromatic rings. The minimum Gasteiger partial charge on any atom is -0.396 e. The lowest BCUT2D eigenvalue weighted by atomic mass is 10.2. The molecule has 0 fully saturated rings. The van der Waals surface area contributed by atoms with Gasteiger partial charge in [0.2, 0.25) is 0 Å². The Hall–Kier alpha value is -1.24. The van der Waals surface area contributed by atoms with Crippen LogP contribution in [0, 0.1) is 6.92 Å². The quantitative estimate of drug-likeness (QED) is 0.652. The van der Waals surface area contributed by atoms with Crippen LogP contribution >= 0.6 is 0 Å². The van der Waals surface area contributed by atoms with E-state index < -0.39 is 16.8 Å². The van der Waals surface area contributed by atoms with E-state index in [9.17, 15) is 12.8 Å². The number of rotatable bonds is 4. The number of aliphatic hydroxyl groups excluding tert-OH is 1. The Kier molecular flexibility index (Phi) is 7.42. The molecule has 6 heteroatoms. The van der Waals surface area contributed by atoms with E-state index in [1.54, 1.807) is 12.1 Å². The van der Waals surface area contributed by atoms with Crippen LogP contribution in [0.4, 0.5) is 4.39 Å². The lowest BCUT2D eigenvalue weighted by molar-refractivity contribution is 0.295. The summed E-state index contributed by atoms with van der Waals surface area (Å²) < 4.78 is 40.9. The van der Waals surface area contributed by atoms with E-state index in [1.165, 1.54) is 12.1 Å². The van der Waals surface area contributed by atoms with Crippen molar-refractivity contribution in [3.05, 3.63) is 42.0 Å². The van der Waals surface area contributed by atoms with Gasteiger partial charge in [-0.1, -0.05) is 24.3 Å². The van der Waals surface area contributed by atoms with Gasteiger partial charge in [0, 0.05) is 6.61 Å². The molecule has 102 valence electrons. The van der Waals surface area contributed by atoms with Gasteiger partial charge in [-0.2, -0.15) is 8.42 Å². The Morgan fingerprint density at radius 1 is 1.33 bits per heavy atom. The van der Waals surface area contributed by atoms with Crippen molar-refractivity contribution in [1.82, 2.24) is 0 Å². The Bertz CT molecular complexity index is 465. The summed E-state index contributed by atoms with van der Waals surface area (Å²) >= 11 is 0. The summed E-state index contributed by atoms with van der Waals surface area (Å²) in [6.45, 7) is 4.66. The van der Waals surface area contributed by atoms with Crippen molar-refractivity contribution in [1.29, 1.82) is 0 Å². The summed E-state index contributed by atoms with van der Waals surface area (Å²) in [6, 6.07) is 5.99. The molecule has 0 aromatic heterocycles. The SMILES string of the molecule is C=C(CF)CCO.Cc1ccc(S(=O)(=O)O)cc1. The van der Waals surface area contributed by atoms with E-state index >= 15 is 0 Å². The molecule has 18 heavy (non-hydrogen) atoms. The Morgan fingerprint density at radius 3 is 2.11 bits per heavy atom. The highest BCUT2D eigenvalue weighted by Crippen LogP contribution is 2.08. The molecule has 0 atom stereocenters. The standard InChI is InChI=1S/C7H8O3S.C5H9FO/c1-6-2-4-7(5-3-6)11(8,9)10;1-5(4-6)2-3-7/h2-5H,1H3,(H,8,9,10);7H,1-4H2. The van der Waals surface area contributed by atoms with Crippen LogP contribution in [0.3, 0.4) is 0 Å². The second kappa shape index (κ2) is 7.97. The minimum absolute atomic E-state index is 0.00273. The molecule has 0 unspecified atom stereocenters. The molecule has 0 radical (unpaired) electrons. The molecule has 1 rings (SSSR count). The smallest absolute Gasteiger partial charge is 0.294 e. The second-order valence-electron chi connectivity index (χ2n) is 3.65. The molecule has 0 spiro atoms. The fourth-order valence-electron chi connectivity index (χ4n) is 0.935. The van der Waals surface area contributed by atoms with Gasteiger partial charge in [0.05, 0.1) is 4.90 Å². The summed E-state index contributed by atoms with van der Waals surface area (Å²) in [5.74, 6) is 0. The van der Waals surface area contributed by atoms with Crippen molar-refractivity contribution >= 4 is 10.1 Å². The molecule has 0 saturated heterocycles. The first kappa shape index (κ1) is 16.8. The topological polar surface area (TPSA) is 74.6 Å². The van der Waals surface area contributed by atoms with E-state index in [-0.39, 0.29) is 11.5 Å². The molecule has 2 N–H and O–H groups in total. The predicted octanol–water partition coefficient (Wildman–Crippen LogP) is 2.14. The fourth-order valence-corrected chi connectivity index (χ4v) is 1.42. The average Bonchev–Trinajstić information content (AvgIpc) is 2.29. The normalized spacial score (nSPS) is 10.4. The van der Waals surface area contributed by atoms with E-state index in [0.717, 1.165) is 5.56 Å². The first-order valence-electron chi connectivity index (χ1n) is 5.19. The lowest BCUT2D eigenvalue weighted by Gasteiger charge is -1.95. The summed E-state index contributed by atoms with van der Waals surface area (Å²) in [6.07, 6.45) is 0.385. The number of benzene rings is 1. The van der Waals surface area contributed by atoms with Crippen LogP contribution in [-0.2, 0) is 10.1 Å². The summed E-state index contributed by atoms with van der Waals surface area (Å²) in [5, 5.41) is 8.14. The maximum Gasteiger partial charge on any atom is 0.294 e. The number of aryl methyl sites for hydroxylation is 1. The molecule has 1 aromatic carbocycles. The zero-order chi connectivity index (χ0) is 14.2. The van der Waals surface area contributed by atoms with Crippen molar-refractivity contribution in [3.63, 3.8) is 0 Å². The van der Waals surface area contributed by atoms with Crippen molar-refractivity contribution in [3.8, 4) is 0 Å². The number of alkyl halides is 1. The number of hydrogen-bond acceptors (Lipinski definition) is 3. The van der Waals surface area contributed by atoms with Gasteiger partial charge >= 0.3 is 0 Å². The maximum atomic E-state index is 11.4. The highest BCUT2D eigenvalue weighted by molar-refractivity contribution is 7.85. The molecule has 0 saturated carbocycles. The van der Waals surface area contributed by atoms with Gasteiger partial charge in [-0.05, 0) is 31.1 Å². The van der Waals surface area contributed by atoms with E-state index in [4.69, 9.17) is 9.66 Å². The molecule has 0 heterocycles. The van der Waals surface area contributed by atoms with Crippen molar-refractivity contribution < 1.29 is 22.5 Å². The fraction of sp³-hybridized carbons (Fsp3) is 0.333. The van der Waals surface area contributed by atoms with Gasteiger partial charge in [-0.15, -0.1) is 0 Å². The van der Waals surface area contributed by atoms with Crippen molar-refractivity contribution in [2.24, 2.45) is 0 Å². The highest BCUT2D eigenvalue weighted by Gasteiger charge is 2.06. The Labute approximate surface area is 107 Å². The third-order valence-electron chi connectivity index (χ3n) is 1.97. The zero-order valence-electron chi connectivity index (χ0n) is 10.1. The highest BCUT2D eigenvalue weighted by atomic mass is 32.2. The molecular weight excluding hydrogens is 259 g/mol. The third kappa shape index (κ3) is 7.16. The van der Waals surface area contributed by atoms with Crippen molar-refractivity contribution in [2.75, 3.05) is 13.3 Å². The molecule has 0 bridgehead atoms. The first-order chi connectivity index (χ1) is 8.31. The second-order valence-corrected chi connectivity index (χ2v) is 5.07. The largest absolute Gasteiger partial charge is 0.396 e. The van der Waals surface area contributed by atoms with Crippen LogP contribution in [-0.4, -0.2) is 31.4 Å². The monoisotopic (exact) mass is 276 g/mol. The minimum atomic E-state index is -4.02. The molecule has 0 aliphatic heterocycles. The third-order valence-corrected chi connectivity index (χ3v) is 2.84. The maximum absolute atomic E-state index is 11.4. The van der Waals surface area contributed by atoms with Crippen LogP contribution in [0.15, 0.2) is 41.3 Å². The zero-order valence-corrected chi connectivity index (χ0v) is 11.0. The van der Waals surface area contributed by atoms with Crippen molar-refractivity contribution in [2.45, 2.75) is 18.2 Å². The molecule has 0 aliphatic rings. The van der Waals surface area contributed by atoms with Gasteiger partial charge in [0.15, 0.2) is 0 Å². The number of halogens is 1. The lowest BCUT2D eigenvalue weighted by Crippen LogP contribution is -1.96. The van der Waals surface area contributed by atoms with Gasteiger partial charge in [-0.3, -0.25) is 4.55 Å². The number of hydrogen-bond donors (Lipinski definition) is 2. The van der Waals surface area contributed by atoms with Gasteiger partial charge in [0.1, 0.15) is 6.67 Å². The summed E-state index contributed by atoms with van der Waals surface area (Å²) in [5.41, 5.74) is 1.42. The van der Waals surface area contributed by atoms with Crippen LogP contribution in [0.5, 0.6) is 0 Å². The van der Waals surface area contributed by atoms with Crippen LogP contribution in [0.2, 0.25) is 0 Å². The van der Waals surface area contributed by atoms with Gasteiger partial charge in [-0.25, -0.2) is 4.39 Å². The van der Waals surface area contributed by atoms with Gasteiger partial charge < -0.3 is 5.11 Å². The van der Waals surface area contributed by atoms with Crippen LogP contribution < -0.4 is 0 Å². The summed E-state index contributed by atoms with van der Waals surface area (Å²) in [7, 11) is -4.02. The summed E-state index contributed by atoms with van der Waals surface area (Å²) in [4.78, 5) is -0.0666. The first-order valence-corrected chi connectivity index (χ1v) is 6.63. The van der Waals surface area contributed by atoms with E-state index in [0.29, 0.717) is 12.0 Å². The van der Waals surface area contributed by atoms with Gasteiger partial charge in [0.25, 0.3) is 10.1 Å². The van der Waals surface area contributed by atoms with Crippen LogP contribution in [0.1, 0.15) is 12.0 Å². The van der Waals surface area contributed by atoms with E-state index in [1.807, 2.05) is 6.92 Å². The Morgan fingerprint density at radius 2 is 1.83 bits per heavy atom.